The van der Waals surface area contributed by atoms with Gasteiger partial charge < -0.3 is 9.25 Å². The van der Waals surface area contributed by atoms with Crippen molar-refractivity contribution in [2.24, 2.45) is 5.16 Å². The largest absolute Gasteiger partial charge is 0.453 e. The predicted octanol–water partition coefficient (Wildman–Crippen LogP) is 6.63. The highest BCUT2D eigenvalue weighted by Gasteiger charge is 2.17. The number of furan rings is 1. The molecule has 0 aliphatic heterocycles. The Labute approximate surface area is 175 Å². The van der Waals surface area contributed by atoms with Crippen LogP contribution in [0.15, 0.2) is 84.6 Å². The first-order chi connectivity index (χ1) is 13.1. The van der Waals surface area contributed by atoms with Gasteiger partial charge in [-0.25, -0.2) is 4.79 Å². The topological polar surface area (TPSA) is 51.8 Å². The van der Waals surface area contributed by atoms with E-state index in [1.165, 1.54) is 11.3 Å². The van der Waals surface area contributed by atoms with E-state index in [1.54, 1.807) is 12.1 Å². The number of carbonyl (C=O) groups is 1. The molecule has 134 valence electrons. The summed E-state index contributed by atoms with van der Waals surface area (Å²) in [5.41, 5.74) is 1.92. The van der Waals surface area contributed by atoms with Crippen LogP contribution in [0, 0.1) is 0 Å². The van der Waals surface area contributed by atoms with Crippen molar-refractivity contribution in [2.75, 3.05) is 0 Å². The fraction of sp³-hybridized carbons (Fsp3) is 0. The van der Waals surface area contributed by atoms with Gasteiger partial charge in [-0.3, -0.25) is 0 Å². The van der Waals surface area contributed by atoms with Crippen LogP contribution in [0.5, 0.6) is 0 Å². The molecule has 4 aromatic rings. The molecule has 0 N–H and O–H groups in total. The second kappa shape index (κ2) is 7.80. The van der Waals surface area contributed by atoms with E-state index in [2.05, 4.69) is 37.0 Å². The predicted molar refractivity (Wildman–Crippen MR) is 113 cm³/mol. The van der Waals surface area contributed by atoms with Crippen molar-refractivity contribution in [1.82, 2.24) is 0 Å². The Morgan fingerprint density at radius 2 is 1.85 bits per heavy atom. The van der Waals surface area contributed by atoms with E-state index in [9.17, 15) is 4.79 Å². The SMILES string of the molecule is O=C(O/N=C(\c1ccccc1)c1cc2cc(Br)cc(Br)c2o1)c1cccs1. The van der Waals surface area contributed by atoms with Crippen molar-refractivity contribution >= 4 is 65.8 Å². The minimum absolute atomic E-state index is 0.444. The van der Waals surface area contributed by atoms with Gasteiger partial charge in [0.05, 0.1) is 4.47 Å². The van der Waals surface area contributed by atoms with Crippen molar-refractivity contribution in [3.05, 3.63) is 91.2 Å². The van der Waals surface area contributed by atoms with Crippen molar-refractivity contribution in [1.29, 1.82) is 0 Å². The zero-order valence-electron chi connectivity index (χ0n) is 13.7. The number of carbonyl (C=O) groups excluding carboxylic acids is 1. The van der Waals surface area contributed by atoms with Gasteiger partial charge in [-0.1, -0.05) is 57.5 Å². The highest BCUT2D eigenvalue weighted by Crippen LogP contribution is 2.32. The minimum atomic E-state index is -0.501. The van der Waals surface area contributed by atoms with Crippen LogP contribution in [0.4, 0.5) is 0 Å². The number of thiophene rings is 1. The van der Waals surface area contributed by atoms with Crippen molar-refractivity contribution < 1.29 is 14.0 Å². The van der Waals surface area contributed by atoms with Gasteiger partial charge in [0.2, 0.25) is 0 Å². The van der Waals surface area contributed by atoms with Crippen LogP contribution in [0.3, 0.4) is 0 Å². The number of fused-ring (bicyclic) bond motifs is 1. The van der Waals surface area contributed by atoms with E-state index >= 15 is 0 Å². The Morgan fingerprint density at radius 3 is 2.59 bits per heavy atom. The summed E-state index contributed by atoms with van der Waals surface area (Å²) in [6.45, 7) is 0. The summed E-state index contributed by atoms with van der Waals surface area (Å²) < 4.78 is 7.75. The Morgan fingerprint density at radius 1 is 1.04 bits per heavy atom. The molecule has 2 aromatic carbocycles. The van der Waals surface area contributed by atoms with Crippen LogP contribution in [0.25, 0.3) is 11.0 Å². The maximum atomic E-state index is 12.2. The highest BCUT2D eigenvalue weighted by atomic mass is 79.9. The van der Waals surface area contributed by atoms with E-state index in [0.29, 0.717) is 21.9 Å². The molecule has 0 saturated heterocycles. The zero-order valence-corrected chi connectivity index (χ0v) is 17.7. The van der Waals surface area contributed by atoms with Crippen LogP contribution < -0.4 is 0 Å². The number of halogens is 2. The number of nitrogens with zero attached hydrogens (tertiary/aromatic N) is 1. The molecule has 0 fully saturated rings. The van der Waals surface area contributed by atoms with Gasteiger partial charge >= 0.3 is 5.97 Å². The second-order valence-corrected chi connectivity index (χ2v) is 8.30. The summed E-state index contributed by atoms with van der Waals surface area (Å²) in [5, 5.41) is 6.84. The van der Waals surface area contributed by atoms with Gasteiger partial charge in [0.15, 0.2) is 11.5 Å². The van der Waals surface area contributed by atoms with Gasteiger partial charge in [0, 0.05) is 15.4 Å². The summed E-state index contributed by atoms with van der Waals surface area (Å²) in [5.74, 6) is 0.00690. The molecule has 0 saturated carbocycles. The normalized spacial score (nSPS) is 11.7. The fourth-order valence-corrected chi connectivity index (χ4v) is 4.49. The van der Waals surface area contributed by atoms with E-state index in [4.69, 9.17) is 9.25 Å². The van der Waals surface area contributed by atoms with Crippen LogP contribution in [-0.4, -0.2) is 11.7 Å². The number of hydrogen-bond donors (Lipinski definition) is 0. The Balaban J connectivity index is 1.78. The van der Waals surface area contributed by atoms with Gasteiger partial charge in [-0.05, 0) is 45.6 Å². The number of oxime groups is 1. The third-order valence-corrected chi connectivity index (χ3v) is 5.66. The van der Waals surface area contributed by atoms with Gasteiger partial charge in [-0.15, -0.1) is 11.3 Å². The summed E-state index contributed by atoms with van der Waals surface area (Å²) in [4.78, 5) is 17.9. The lowest BCUT2D eigenvalue weighted by Gasteiger charge is -2.03. The number of hydrogen-bond acceptors (Lipinski definition) is 5. The smallest absolute Gasteiger partial charge is 0.375 e. The zero-order chi connectivity index (χ0) is 18.8. The molecule has 0 bridgehead atoms. The van der Waals surface area contributed by atoms with Gasteiger partial charge in [0.25, 0.3) is 0 Å². The number of rotatable bonds is 4. The first-order valence-corrected chi connectivity index (χ1v) is 10.4. The molecule has 4 nitrogen and oxygen atoms in total. The molecule has 0 amide bonds. The molecule has 4 rings (SSSR count). The molecule has 2 heterocycles. The molecule has 2 aromatic heterocycles. The monoisotopic (exact) mass is 503 g/mol. The summed E-state index contributed by atoms with van der Waals surface area (Å²) >= 11 is 8.29. The Kier molecular flexibility index (Phi) is 5.24. The fourth-order valence-electron chi connectivity index (χ4n) is 2.56. The molecule has 0 aliphatic rings. The van der Waals surface area contributed by atoms with Crippen LogP contribution in [-0.2, 0) is 4.84 Å². The Bertz CT molecular complexity index is 1130. The molecule has 0 unspecified atom stereocenters. The van der Waals surface area contributed by atoms with E-state index < -0.39 is 5.97 Å². The lowest BCUT2D eigenvalue weighted by molar-refractivity contribution is 0.0522. The average Bonchev–Trinajstić information content (AvgIpc) is 3.32. The molecule has 0 spiro atoms. The average molecular weight is 505 g/mol. The van der Waals surface area contributed by atoms with E-state index in [-0.39, 0.29) is 0 Å². The standard InChI is InChI=1S/C20H11Br2NO3S/c21-14-9-13-10-16(25-19(13)15(22)11-14)18(12-5-2-1-3-6-12)23-26-20(24)17-7-4-8-27-17/h1-11H/b23-18+. The molecule has 0 atom stereocenters. The molecule has 0 aliphatic carbocycles. The van der Waals surface area contributed by atoms with Crippen molar-refractivity contribution in [2.45, 2.75) is 0 Å². The highest BCUT2D eigenvalue weighted by molar-refractivity contribution is 9.11. The second-order valence-electron chi connectivity index (χ2n) is 5.58. The van der Waals surface area contributed by atoms with Crippen molar-refractivity contribution in [3.8, 4) is 0 Å². The maximum absolute atomic E-state index is 12.2. The summed E-state index contributed by atoms with van der Waals surface area (Å²) in [6, 6.07) is 18.7. The van der Waals surface area contributed by atoms with Crippen LogP contribution in [0.2, 0.25) is 0 Å². The molecule has 0 radical (unpaired) electrons. The third kappa shape index (κ3) is 3.90. The molecular weight excluding hydrogens is 494 g/mol. The van der Waals surface area contributed by atoms with Crippen LogP contribution in [0.1, 0.15) is 21.0 Å². The van der Waals surface area contributed by atoms with Crippen LogP contribution >= 0.6 is 43.2 Å². The maximum Gasteiger partial charge on any atom is 0.375 e. The van der Waals surface area contributed by atoms with Crippen molar-refractivity contribution in [3.63, 3.8) is 0 Å². The lowest BCUT2D eigenvalue weighted by atomic mass is 10.1. The van der Waals surface area contributed by atoms with Gasteiger partial charge in [0.1, 0.15) is 10.5 Å². The first-order valence-electron chi connectivity index (χ1n) is 7.89. The van der Waals surface area contributed by atoms with E-state index in [1.807, 2.05) is 53.9 Å². The first kappa shape index (κ1) is 18.2. The molecular formula is C20H11Br2NO3S. The lowest BCUT2D eigenvalue weighted by Crippen LogP contribution is -2.06. The summed E-state index contributed by atoms with van der Waals surface area (Å²) in [6.07, 6.45) is 0. The summed E-state index contributed by atoms with van der Waals surface area (Å²) in [7, 11) is 0. The molecule has 27 heavy (non-hydrogen) atoms. The van der Waals surface area contributed by atoms with Gasteiger partial charge in [-0.2, -0.15) is 0 Å². The number of benzene rings is 2. The minimum Gasteiger partial charge on any atom is -0.453 e. The third-order valence-electron chi connectivity index (χ3n) is 3.76. The molecule has 7 heteroatoms. The Hall–Kier alpha value is -2.22. The quantitative estimate of drug-likeness (QED) is 0.178. The van der Waals surface area contributed by atoms with E-state index in [0.717, 1.165) is 19.9 Å².